The number of fused-ring (bicyclic) bond motifs is 1. The molecule has 2 aliphatic heterocycles. The first-order chi connectivity index (χ1) is 18.9. The van der Waals surface area contributed by atoms with Crippen LogP contribution in [0, 0.1) is 17.6 Å². The minimum atomic E-state index is -0.292. The van der Waals surface area contributed by atoms with E-state index in [-0.39, 0.29) is 46.9 Å². The van der Waals surface area contributed by atoms with Gasteiger partial charge in [-0.05, 0) is 73.2 Å². The van der Waals surface area contributed by atoms with Crippen molar-refractivity contribution in [3.05, 3.63) is 99.5 Å². The number of pyridine rings is 1. The van der Waals surface area contributed by atoms with Gasteiger partial charge in [-0.15, -0.1) is 0 Å². The Labute approximate surface area is 227 Å². The largest absolute Gasteiger partial charge is 0.366 e. The van der Waals surface area contributed by atoms with E-state index in [1.807, 2.05) is 23.1 Å². The molecule has 8 heteroatoms. The number of amides is 1. The van der Waals surface area contributed by atoms with Crippen LogP contribution >= 0.6 is 0 Å². The van der Waals surface area contributed by atoms with Gasteiger partial charge in [-0.3, -0.25) is 9.59 Å². The molecule has 3 aliphatic rings. The summed E-state index contributed by atoms with van der Waals surface area (Å²) in [5.74, 6) is -0.975. The maximum Gasteiger partial charge on any atom is 0.250 e. The maximum atomic E-state index is 15.3. The average Bonchev–Trinajstić information content (AvgIpc) is 3.71. The van der Waals surface area contributed by atoms with Gasteiger partial charge in [-0.2, -0.15) is 0 Å². The van der Waals surface area contributed by atoms with Gasteiger partial charge in [0.15, 0.2) is 0 Å². The first kappa shape index (κ1) is 25.7. The summed E-state index contributed by atoms with van der Waals surface area (Å²) in [6, 6.07) is 15.4. The molecule has 204 valence electrons. The molecule has 0 radical (unpaired) electrons. The molecule has 1 N–H and O–H groups in total. The van der Waals surface area contributed by atoms with E-state index in [1.54, 1.807) is 36.0 Å². The standard InChI is InChI=1S/C31H34F2N4O2/c1-35-13-11-21(15-29(35)38)25-10-12-34-16-26(25)31(39)37(24-8-9-24)19-22-18-36(17-20-4-2-5-23(32)14-20)28-7-3-6-27(33)30(22)28/h2-7,11,13-15,22,24-26,34H,8-10,12,16-19H2,1H3/t22?,25-,26?/m1/s1. The Morgan fingerprint density at radius 2 is 1.90 bits per heavy atom. The van der Waals surface area contributed by atoms with Crippen LogP contribution < -0.4 is 15.8 Å². The highest BCUT2D eigenvalue weighted by molar-refractivity contribution is 5.81. The van der Waals surface area contributed by atoms with Crippen molar-refractivity contribution in [1.82, 2.24) is 14.8 Å². The number of halogens is 2. The van der Waals surface area contributed by atoms with Crippen molar-refractivity contribution in [2.24, 2.45) is 13.0 Å². The third-order valence-electron chi connectivity index (χ3n) is 8.53. The summed E-state index contributed by atoms with van der Waals surface area (Å²) in [6.07, 6.45) is 4.45. The average molecular weight is 533 g/mol. The third-order valence-corrected chi connectivity index (χ3v) is 8.53. The number of aryl methyl sites for hydroxylation is 1. The van der Waals surface area contributed by atoms with E-state index in [1.165, 1.54) is 18.2 Å². The fraction of sp³-hybridized carbons (Fsp3) is 0.419. The molecule has 2 fully saturated rings. The van der Waals surface area contributed by atoms with E-state index in [0.717, 1.165) is 42.6 Å². The number of nitrogens with one attached hydrogen (secondary N) is 1. The van der Waals surface area contributed by atoms with Gasteiger partial charge in [0.05, 0.1) is 5.92 Å². The van der Waals surface area contributed by atoms with E-state index in [4.69, 9.17) is 0 Å². The van der Waals surface area contributed by atoms with Crippen LogP contribution in [0.2, 0.25) is 0 Å². The Balaban J connectivity index is 1.26. The molecule has 1 aliphatic carbocycles. The third kappa shape index (κ3) is 5.22. The van der Waals surface area contributed by atoms with Crippen molar-refractivity contribution >= 4 is 11.6 Å². The number of anilines is 1. The second kappa shape index (κ2) is 10.6. The first-order valence-corrected chi connectivity index (χ1v) is 13.8. The molecule has 3 aromatic rings. The van der Waals surface area contributed by atoms with Crippen LogP contribution in [0.5, 0.6) is 0 Å². The summed E-state index contributed by atoms with van der Waals surface area (Å²) < 4.78 is 30.7. The lowest BCUT2D eigenvalue weighted by atomic mass is 9.80. The Hall–Kier alpha value is -3.52. The summed E-state index contributed by atoms with van der Waals surface area (Å²) in [5.41, 5.74) is 3.10. The lowest BCUT2D eigenvalue weighted by molar-refractivity contribution is -0.137. The number of carbonyl (C=O) groups is 1. The zero-order valence-corrected chi connectivity index (χ0v) is 22.2. The molecule has 3 heterocycles. The quantitative estimate of drug-likeness (QED) is 0.497. The van der Waals surface area contributed by atoms with Crippen molar-refractivity contribution in [1.29, 1.82) is 0 Å². The van der Waals surface area contributed by atoms with Crippen molar-refractivity contribution in [2.75, 3.05) is 31.1 Å². The van der Waals surface area contributed by atoms with E-state index in [0.29, 0.717) is 31.7 Å². The number of rotatable bonds is 7. The van der Waals surface area contributed by atoms with Crippen molar-refractivity contribution in [3.8, 4) is 0 Å². The van der Waals surface area contributed by atoms with Crippen LogP contribution in [0.4, 0.5) is 14.5 Å². The molecule has 39 heavy (non-hydrogen) atoms. The topological polar surface area (TPSA) is 57.6 Å². The number of aromatic nitrogens is 1. The number of benzene rings is 2. The minimum absolute atomic E-state index is 0.0361. The summed E-state index contributed by atoms with van der Waals surface area (Å²) in [6.45, 7) is 2.83. The summed E-state index contributed by atoms with van der Waals surface area (Å²) >= 11 is 0. The summed E-state index contributed by atoms with van der Waals surface area (Å²) in [4.78, 5) is 30.6. The molecule has 1 saturated heterocycles. The van der Waals surface area contributed by atoms with E-state index in [2.05, 4.69) is 10.2 Å². The van der Waals surface area contributed by atoms with Gasteiger partial charge < -0.3 is 19.7 Å². The molecular formula is C31H34F2N4O2. The number of carbonyl (C=O) groups excluding carboxylic acids is 1. The van der Waals surface area contributed by atoms with Crippen LogP contribution in [-0.4, -0.2) is 47.6 Å². The van der Waals surface area contributed by atoms with Gasteiger partial charge in [0.1, 0.15) is 11.6 Å². The molecule has 1 amide bonds. The van der Waals surface area contributed by atoms with Gasteiger partial charge in [-0.25, -0.2) is 8.78 Å². The summed E-state index contributed by atoms with van der Waals surface area (Å²) in [7, 11) is 1.72. The molecule has 6 rings (SSSR count). The van der Waals surface area contributed by atoms with Crippen molar-refractivity contribution in [2.45, 2.75) is 43.7 Å². The fourth-order valence-electron chi connectivity index (χ4n) is 6.38. The van der Waals surface area contributed by atoms with Gasteiger partial charge >= 0.3 is 0 Å². The maximum absolute atomic E-state index is 15.3. The highest BCUT2D eigenvalue weighted by Gasteiger charge is 2.43. The number of nitrogens with zero attached hydrogens (tertiary/aromatic N) is 3. The fourth-order valence-corrected chi connectivity index (χ4v) is 6.38. The molecular weight excluding hydrogens is 498 g/mol. The molecule has 0 bridgehead atoms. The lowest BCUT2D eigenvalue weighted by Crippen LogP contribution is -2.48. The molecule has 2 aromatic carbocycles. The van der Waals surface area contributed by atoms with Crippen LogP contribution in [0.3, 0.4) is 0 Å². The van der Waals surface area contributed by atoms with Crippen molar-refractivity contribution in [3.63, 3.8) is 0 Å². The summed E-state index contributed by atoms with van der Waals surface area (Å²) in [5, 5.41) is 3.38. The highest BCUT2D eigenvalue weighted by atomic mass is 19.1. The van der Waals surface area contributed by atoms with Gasteiger partial charge in [0.25, 0.3) is 5.56 Å². The van der Waals surface area contributed by atoms with E-state index < -0.39 is 0 Å². The Bertz CT molecular complexity index is 1440. The predicted molar refractivity (Wildman–Crippen MR) is 147 cm³/mol. The van der Waals surface area contributed by atoms with Gasteiger partial charge in [0.2, 0.25) is 5.91 Å². The number of hydrogen-bond donors (Lipinski definition) is 1. The Morgan fingerprint density at radius 1 is 1.08 bits per heavy atom. The van der Waals surface area contributed by atoms with Gasteiger partial charge in [-0.1, -0.05) is 18.2 Å². The number of hydrogen-bond acceptors (Lipinski definition) is 4. The second-order valence-corrected chi connectivity index (χ2v) is 11.2. The van der Waals surface area contributed by atoms with E-state index >= 15 is 4.39 Å². The molecule has 3 atom stereocenters. The molecule has 2 unspecified atom stereocenters. The zero-order valence-electron chi connectivity index (χ0n) is 22.2. The zero-order chi connectivity index (χ0) is 27.1. The monoisotopic (exact) mass is 532 g/mol. The molecule has 0 spiro atoms. The number of piperidine rings is 1. The van der Waals surface area contributed by atoms with Crippen LogP contribution in [0.1, 0.15) is 47.8 Å². The van der Waals surface area contributed by atoms with E-state index in [9.17, 15) is 14.0 Å². The Morgan fingerprint density at radius 3 is 2.67 bits per heavy atom. The minimum Gasteiger partial charge on any atom is -0.366 e. The first-order valence-electron chi connectivity index (χ1n) is 13.8. The van der Waals surface area contributed by atoms with Gasteiger partial charge in [0, 0.05) is 68.7 Å². The molecule has 6 nitrogen and oxygen atoms in total. The lowest BCUT2D eigenvalue weighted by Gasteiger charge is -2.36. The van der Waals surface area contributed by atoms with Crippen LogP contribution in [0.15, 0.2) is 65.6 Å². The Kier molecular flexibility index (Phi) is 6.97. The normalized spacial score (nSPS) is 22.5. The smallest absolute Gasteiger partial charge is 0.250 e. The second-order valence-electron chi connectivity index (χ2n) is 11.2. The van der Waals surface area contributed by atoms with Crippen molar-refractivity contribution < 1.29 is 13.6 Å². The molecule has 1 aromatic heterocycles. The highest BCUT2D eigenvalue weighted by Crippen LogP contribution is 2.42. The predicted octanol–water partition coefficient (Wildman–Crippen LogP) is 4.15. The van der Waals surface area contributed by atoms with Crippen LogP contribution in [0.25, 0.3) is 0 Å². The van der Waals surface area contributed by atoms with Crippen LogP contribution in [-0.2, 0) is 18.4 Å². The SMILES string of the molecule is Cn1ccc([C@H]2CCNCC2C(=O)N(CC2CN(Cc3cccc(F)c3)c3cccc(F)c32)C2CC2)cc1=O. The molecule has 1 saturated carbocycles.